The molecule has 0 spiro atoms. The highest BCUT2D eigenvalue weighted by Gasteiger charge is 2.26. The summed E-state index contributed by atoms with van der Waals surface area (Å²) in [6.45, 7) is 2.36. The molecule has 168 valence electrons. The molecule has 0 aliphatic heterocycles. The van der Waals surface area contributed by atoms with Crippen molar-refractivity contribution in [1.29, 1.82) is 0 Å². The zero-order valence-electron chi connectivity index (χ0n) is 17.1. The largest absolute Gasteiger partial charge is 0.494 e. The van der Waals surface area contributed by atoms with Gasteiger partial charge in [0, 0.05) is 10.6 Å². The third-order valence-electron chi connectivity index (χ3n) is 4.08. The third kappa shape index (κ3) is 7.73. The Morgan fingerprint density at radius 3 is 2.29 bits per heavy atom. The van der Waals surface area contributed by atoms with Crippen molar-refractivity contribution < 1.29 is 22.7 Å². The molecule has 3 N–H and O–H groups in total. The van der Waals surface area contributed by atoms with Crippen LogP contribution in [-0.2, 0) is 14.8 Å². The van der Waals surface area contributed by atoms with Crippen molar-refractivity contribution in [2.24, 2.45) is 0 Å². The van der Waals surface area contributed by atoms with E-state index in [0.717, 1.165) is 0 Å². The lowest BCUT2D eigenvalue weighted by atomic mass is 10.2. The number of rotatable bonds is 10. The van der Waals surface area contributed by atoms with Crippen LogP contribution in [0.25, 0.3) is 0 Å². The molecule has 0 radical (unpaired) electrons. The Kier molecular flexibility index (Phi) is 9.63. The highest BCUT2D eigenvalue weighted by atomic mass is 35.5. The van der Waals surface area contributed by atoms with E-state index >= 15 is 0 Å². The van der Waals surface area contributed by atoms with E-state index in [1.165, 1.54) is 36.0 Å². The number of hydrazine groups is 1. The standard InChI is InChI=1S/C20H24ClN3O5S2/c1-3-29-16-8-4-14(5-9-16)19(25)22-23-20(26)18(12-13-30-2)24-31(27,28)17-10-6-15(21)7-11-17/h4-11,18,24H,3,12-13H2,1-2H3,(H,22,25)(H,23,26). The summed E-state index contributed by atoms with van der Waals surface area (Å²) in [5.41, 5.74) is 4.90. The van der Waals surface area contributed by atoms with E-state index in [-0.39, 0.29) is 11.3 Å². The molecule has 8 nitrogen and oxygen atoms in total. The minimum Gasteiger partial charge on any atom is -0.494 e. The summed E-state index contributed by atoms with van der Waals surface area (Å²) >= 11 is 7.27. The molecule has 0 aromatic heterocycles. The Labute approximate surface area is 191 Å². The lowest BCUT2D eigenvalue weighted by Gasteiger charge is -2.18. The van der Waals surface area contributed by atoms with Crippen LogP contribution in [-0.4, -0.2) is 44.9 Å². The normalized spacial score (nSPS) is 12.1. The lowest BCUT2D eigenvalue weighted by molar-refractivity contribution is -0.123. The Morgan fingerprint density at radius 2 is 1.71 bits per heavy atom. The number of amides is 2. The van der Waals surface area contributed by atoms with Crippen LogP contribution in [0, 0.1) is 0 Å². The molecule has 2 aromatic rings. The number of carbonyl (C=O) groups is 2. The fourth-order valence-corrected chi connectivity index (χ4v) is 4.32. The number of benzene rings is 2. The Bertz CT molecular complexity index is 983. The first kappa shape index (κ1) is 25.0. The minimum absolute atomic E-state index is 0.0164. The molecule has 0 saturated heterocycles. The number of ether oxygens (including phenoxy) is 1. The van der Waals surface area contributed by atoms with E-state index in [1.54, 1.807) is 24.3 Å². The molecule has 2 amide bonds. The van der Waals surface area contributed by atoms with Gasteiger partial charge in [0.25, 0.3) is 11.8 Å². The van der Waals surface area contributed by atoms with E-state index in [0.29, 0.717) is 28.7 Å². The van der Waals surface area contributed by atoms with E-state index in [9.17, 15) is 18.0 Å². The number of nitrogens with one attached hydrogen (secondary N) is 3. The number of halogens is 1. The Hall–Kier alpha value is -2.27. The van der Waals surface area contributed by atoms with Crippen molar-refractivity contribution in [3.05, 3.63) is 59.1 Å². The van der Waals surface area contributed by atoms with Gasteiger partial charge in [-0.3, -0.25) is 20.4 Å². The van der Waals surface area contributed by atoms with Crippen LogP contribution >= 0.6 is 23.4 Å². The molecule has 0 bridgehead atoms. The number of sulfonamides is 1. The van der Waals surface area contributed by atoms with Crippen LogP contribution in [0.15, 0.2) is 53.4 Å². The first-order valence-corrected chi connectivity index (χ1v) is 12.6. The molecule has 31 heavy (non-hydrogen) atoms. The smallest absolute Gasteiger partial charge is 0.269 e. The summed E-state index contributed by atoms with van der Waals surface area (Å²) in [5.74, 6) is -0.0584. The fourth-order valence-electron chi connectivity index (χ4n) is 2.50. The molecule has 0 aliphatic rings. The molecule has 0 fully saturated rings. The van der Waals surface area contributed by atoms with Gasteiger partial charge in [0.2, 0.25) is 10.0 Å². The number of carbonyl (C=O) groups excluding carboxylic acids is 2. The lowest BCUT2D eigenvalue weighted by Crippen LogP contribution is -2.52. The van der Waals surface area contributed by atoms with Crippen molar-refractivity contribution in [2.45, 2.75) is 24.3 Å². The van der Waals surface area contributed by atoms with Gasteiger partial charge in [-0.05, 0) is 73.9 Å². The monoisotopic (exact) mass is 485 g/mol. The van der Waals surface area contributed by atoms with Crippen LogP contribution in [0.1, 0.15) is 23.7 Å². The predicted molar refractivity (Wildman–Crippen MR) is 122 cm³/mol. The maximum absolute atomic E-state index is 12.6. The van der Waals surface area contributed by atoms with Crippen LogP contribution in [0.2, 0.25) is 5.02 Å². The average Bonchev–Trinajstić information content (AvgIpc) is 2.75. The van der Waals surface area contributed by atoms with Gasteiger partial charge in [-0.25, -0.2) is 8.42 Å². The molecule has 11 heteroatoms. The molecular formula is C20H24ClN3O5S2. The molecular weight excluding hydrogens is 462 g/mol. The van der Waals surface area contributed by atoms with Gasteiger partial charge in [-0.2, -0.15) is 16.5 Å². The summed E-state index contributed by atoms with van der Waals surface area (Å²) in [7, 11) is -3.96. The van der Waals surface area contributed by atoms with Gasteiger partial charge in [-0.15, -0.1) is 0 Å². The van der Waals surface area contributed by atoms with Crippen molar-refractivity contribution in [2.75, 3.05) is 18.6 Å². The number of thioether (sulfide) groups is 1. The van der Waals surface area contributed by atoms with Gasteiger partial charge in [0.05, 0.1) is 11.5 Å². The second kappa shape index (κ2) is 11.9. The zero-order chi connectivity index (χ0) is 22.9. The highest BCUT2D eigenvalue weighted by Crippen LogP contribution is 2.15. The Balaban J connectivity index is 2.03. The van der Waals surface area contributed by atoms with Crippen LogP contribution in [0.5, 0.6) is 5.75 Å². The summed E-state index contributed by atoms with van der Waals surface area (Å²) in [4.78, 5) is 24.8. The first-order chi connectivity index (χ1) is 14.8. The quantitative estimate of drug-likeness (QED) is 0.446. The highest BCUT2D eigenvalue weighted by molar-refractivity contribution is 7.98. The van der Waals surface area contributed by atoms with Crippen molar-refractivity contribution in [1.82, 2.24) is 15.6 Å². The van der Waals surface area contributed by atoms with Crippen LogP contribution in [0.4, 0.5) is 0 Å². The topological polar surface area (TPSA) is 114 Å². The second-order valence-electron chi connectivity index (χ2n) is 6.31. The number of hydrogen-bond donors (Lipinski definition) is 3. The van der Waals surface area contributed by atoms with Gasteiger partial charge in [-0.1, -0.05) is 11.6 Å². The van der Waals surface area contributed by atoms with Crippen molar-refractivity contribution in [3.63, 3.8) is 0 Å². The van der Waals surface area contributed by atoms with Gasteiger partial charge in [0.1, 0.15) is 11.8 Å². The molecule has 1 unspecified atom stereocenters. The van der Waals surface area contributed by atoms with Crippen molar-refractivity contribution in [3.8, 4) is 5.75 Å². The molecule has 2 aromatic carbocycles. The summed E-state index contributed by atoms with van der Waals surface area (Å²) < 4.78 is 33.0. The summed E-state index contributed by atoms with van der Waals surface area (Å²) in [6, 6.07) is 10.9. The van der Waals surface area contributed by atoms with Crippen molar-refractivity contribution >= 4 is 45.2 Å². The van der Waals surface area contributed by atoms with Gasteiger partial charge in [0.15, 0.2) is 0 Å². The predicted octanol–water partition coefficient (Wildman–Crippen LogP) is 2.60. The maximum atomic E-state index is 12.6. The first-order valence-electron chi connectivity index (χ1n) is 9.36. The maximum Gasteiger partial charge on any atom is 0.269 e. The SMILES string of the molecule is CCOc1ccc(C(=O)NNC(=O)C(CCSC)NS(=O)(=O)c2ccc(Cl)cc2)cc1. The van der Waals surface area contributed by atoms with Crippen LogP contribution < -0.4 is 20.3 Å². The number of hydrogen-bond acceptors (Lipinski definition) is 6. The molecule has 1 atom stereocenters. The second-order valence-corrected chi connectivity index (χ2v) is 9.45. The summed E-state index contributed by atoms with van der Waals surface area (Å²) in [6.07, 6.45) is 2.08. The van der Waals surface area contributed by atoms with Gasteiger partial charge >= 0.3 is 0 Å². The van der Waals surface area contributed by atoms with E-state index in [4.69, 9.17) is 16.3 Å². The third-order valence-corrected chi connectivity index (χ3v) is 6.46. The van der Waals surface area contributed by atoms with E-state index < -0.39 is 27.9 Å². The van der Waals surface area contributed by atoms with E-state index in [2.05, 4.69) is 15.6 Å². The molecule has 0 aliphatic carbocycles. The fraction of sp³-hybridized carbons (Fsp3) is 0.300. The van der Waals surface area contributed by atoms with E-state index in [1.807, 2.05) is 13.2 Å². The zero-order valence-corrected chi connectivity index (χ0v) is 19.4. The van der Waals surface area contributed by atoms with Crippen LogP contribution in [0.3, 0.4) is 0 Å². The van der Waals surface area contributed by atoms with Gasteiger partial charge < -0.3 is 4.74 Å². The Morgan fingerprint density at radius 1 is 1.06 bits per heavy atom. The molecule has 0 heterocycles. The summed E-state index contributed by atoms with van der Waals surface area (Å²) in [5, 5.41) is 0.396. The minimum atomic E-state index is -3.96. The molecule has 0 saturated carbocycles. The molecule has 2 rings (SSSR count). The average molecular weight is 486 g/mol.